The number of carbonyl (C=O) groups excluding carboxylic acids is 2. The summed E-state index contributed by atoms with van der Waals surface area (Å²) in [5, 5.41) is 0. The monoisotopic (exact) mass is 286 g/mol. The van der Waals surface area contributed by atoms with Crippen LogP contribution in [0.15, 0.2) is 24.3 Å². The van der Waals surface area contributed by atoms with Crippen molar-refractivity contribution in [1.29, 1.82) is 0 Å². The molecule has 0 rings (SSSR count). The molecule has 0 aliphatic rings. The van der Waals surface area contributed by atoms with E-state index in [1.807, 2.05) is 0 Å². The Kier molecular flexibility index (Phi) is 10.3. The first-order valence-corrected chi connectivity index (χ1v) is 6.43. The lowest BCUT2D eigenvalue weighted by Crippen LogP contribution is -2.07. The lowest BCUT2D eigenvalue weighted by atomic mass is 10.2. The van der Waals surface area contributed by atoms with Crippen LogP contribution in [-0.2, 0) is 29.1 Å². The summed E-state index contributed by atoms with van der Waals surface area (Å²) in [6, 6.07) is 0. The summed E-state index contributed by atoms with van der Waals surface area (Å²) < 4.78 is 0. The Labute approximate surface area is 119 Å². The Hall–Kier alpha value is -1.66. The van der Waals surface area contributed by atoms with Gasteiger partial charge in [0.05, 0.1) is 13.2 Å². The van der Waals surface area contributed by atoms with Crippen LogP contribution in [0.25, 0.3) is 0 Å². The van der Waals surface area contributed by atoms with Crippen molar-refractivity contribution in [3.05, 3.63) is 24.3 Å². The molecular weight excluding hydrogens is 264 g/mol. The second-order valence-corrected chi connectivity index (χ2v) is 4.36. The van der Waals surface area contributed by atoms with Crippen LogP contribution in [0.3, 0.4) is 0 Å². The highest BCUT2D eigenvalue weighted by atomic mass is 17.2. The van der Waals surface area contributed by atoms with Crippen LogP contribution >= 0.6 is 0 Å². The van der Waals surface area contributed by atoms with E-state index in [1.54, 1.807) is 13.8 Å². The molecule has 0 heterocycles. The van der Waals surface area contributed by atoms with Gasteiger partial charge in [0, 0.05) is 11.1 Å². The van der Waals surface area contributed by atoms with Crippen LogP contribution in [0.1, 0.15) is 39.5 Å². The van der Waals surface area contributed by atoms with Gasteiger partial charge in [-0.3, -0.25) is 9.78 Å². The Bertz CT molecular complexity index is 314. The van der Waals surface area contributed by atoms with Crippen LogP contribution in [-0.4, -0.2) is 25.2 Å². The largest absolute Gasteiger partial charge is 0.368 e. The molecule has 0 saturated heterocycles. The van der Waals surface area contributed by atoms with Gasteiger partial charge >= 0.3 is 11.9 Å². The maximum absolute atomic E-state index is 10.9. The second kappa shape index (κ2) is 11.2. The molecule has 0 aromatic rings. The second-order valence-electron chi connectivity index (χ2n) is 4.36. The molecule has 0 spiro atoms. The molecule has 0 bridgehead atoms. The fourth-order valence-corrected chi connectivity index (χ4v) is 1.01. The zero-order chi connectivity index (χ0) is 15.4. The van der Waals surface area contributed by atoms with Gasteiger partial charge in [0.2, 0.25) is 0 Å². The summed E-state index contributed by atoms with van der Waals surface area (Å²) in [6.07, 6.45) is 3.30. The zero-order valence-electron chi connectivity index (χ0n) is 12.1. The van der Waals surface area contributed by atoms with E-state index in [1.165, 1.54) is 0 Å². The van der Waals surface area contributed by atoms with Crippen LogP contribution < -0.4 is 0 Å². The molecule has 0 unspecified atom stereocenters. The smallest absolute Gasteiger partial charge is 0.293 e. The number of unbranched alkanes of at least 4 members (excludes halogenated alkanes) is 3. The van der Waals surface area contributed by atoms with E-state index in [0.29, 0.717) is 24.4 Å². The van der Waals surface area contributed by atoms with E-state index >= 15 is 0 Å². The van der Waals surface area contributed by atoms with Crippen molar-refractivity contribution in [3.63, 3.8) is 0 Å². The molecule has 6 nitrogen and oxygen atoms in total. The first-order chi connectivity index (χ1) is 9.45. The van der Waals surface area contributed by atoms with Crippen molar-refractivity contribution >= 4 is 11.9 Å². The van der Waals surface area contributed by atoms with Crippen LogP contribution in [0.5, 0.6) is 0 Å². The Morgan fingerprint density at radius 3 is 1.40 bits per heavy atom. The average Bonchev–Trinajstić information content (AvgIpc) is 2.39. The SMILES string of the molecule is C=C(C)C(=O)OOCCCCCCOOC(=O)C(=C)C. The minimum Gasteiger partial charge on any atom is -0.293 e. The molecular formula is C14H22O6. The maximum atomic E-state index is 10.9. The van der Waals surface area contributed by atoms with Crippen molar-refractivity contribution in [2.75, 3.05) is 13.2 Å². The maximum Gasteiger partial charge on any atom is 0.368 e. The van der Waals surface area contributed by atoms with E-state index in [4.69, 9.17) is 9.78 Å². The molecule has 0 aliphatic heterocycles. The van der Waals surface area contributed by atoms with Crippen molar-refractivity contribution in [3.8, 4) is 0 Å². The number of rotatable bonds is 11. The highest BCUT2D eigenvalue weighted by molar-refractivity contribution is 5.86. The first kappa shape index (κ1) is 18.3. The molecule has 0 radical (unpaired) electrons. The average molecular weight is 286 g/mol. The van der Waals surface area contributed by atoms with Gasteiger partial charge in [-0.25, -0.2) is 9.59 Å². The third-order valence-electron chi connectivity index (χ3n) is 2.17. The fourth-order valence-electron chi connectivity index (χ4n) is 1.01. The van der Waals surface area contributed by atoms with E-state index in [-0.39, 0.29) is 0 Å². The summed E-state index contributed by atoms with van der Waals surface area (Å²) >= 11 is 0. The predicted octanol–water partition coefficient (Wildman–Crippen LogP) is 2.65. The van der Waals surface area contributed by atoms with E-state index in [0.717, 1.165) is 25.7 Å². The first-order valence-electron chi connectivity index (χ1n) is 6.43. The van der Waals surface area contributed by atoms with Crippen molar-refractivity contribution in [2.24, 2.45) is 0 Å². The quantitative estimate of drug-likeness (QED) is 0.252. The molecule has 0 amide bonds. The van der Waals surface area contributed by atoms with Gasteiger partial charge < -0.3 is 0 Å². The Balaban J connectivity index is 3.25. The van der Waals surface area contributed by atoms with Gasteiger partial charge in [-0.2, -0.15) is 9.78 Å². The van der Waals surface area contributed by atoms with Gasteiger partial charge in [0.25, 0.3) is 0 Å². The summed E-state index contributed by atoms with van der Waals surface area (Å²) in [7, 11) is 0. The van der Waals surface area contributed by atoms with Crippen LogP contribution in [0, 0.1) is 0 Å². The zero-order valence-corrected chi connectivity index (χ0v) is 12.1. The standard InChI is InChI=1S/C14H22O6/c1-11(2)13(15)19-17-9-7-5-6-8-10-18-20-14(16)12(3)4/h1,3,5-10H2,2,4H3. The Morgan fingerprint density at radius 2 is 1.10 bits per heavy atom. The van der Waals surface area contributed by atoms with Gasteiger partial charge in [0.15, 0.2) is 0 Å². The third kappa shape index (κ3) is 10.3. The molecule has 0 fully saturated rings. The lowest BCUT2D eigenvalue weighted by Gasteiger charge is -2.04. The van der Waals surface area contributed by atoms with Gasteiger partial charge in [-0.05, 0) is 26.7 Å². The highest BCUT2D eigenvalue weighted by Crippen LogP contribution is 2.02. The van der Waals surface area contributed by atoms with Crippen molar-refractivity contribution < 1.29 is 29.1 Å². The topological polar surface area (TPSA) is 71.1 Å². The number of hydrogen-bond acceptors (Lipinski definition) is 6. The summed E-state index contributed by atoms with van der Waals surface area (Å²) in [6.45, 7) is 10.6. The minimum atomic E-state index is -0.558. The Morgan fingerprint density at radius 1 is 0.750 bits per heavy atom. The molecule has 20 heavy (non-hydrogen) atoms. The minimum absolute atomic E-state index is 0.298. The van der Waals surface area contributed by atoms with Crippen molar-refractivity contribution in [1.82, 2.24) is 0 Å². The summed E-state index contributed by atoms with van der Waals surface area (Å²) in [4.78, 5) is 40.3. The van der Waals surface area contributed by atoms with Crippen LogP contribution in [0.4, 0.5) is 0 Å². The molecule has 0 atom stereocenters. The summed E-state index contributed by atoms with van der Waals surface area (Å²) in [5.41, 5.74) is 0.595. The molecule has 0 N–H and O–H groups in total. The van der Waals surface area contributed by atoms with Crippen LogP contribution in [0.2, 0.25) is 0 Å². The molecule has 0 aliphatic carbocycles. The molecule has 114 valence electrons. The third-order valence-corrected chi connectivity index (χ3v) is 2.17. The highest BCUT2D eigenvalue weighted by Gasteiger charge is 2.04. The molecule has 0 aromatic heterocycles. The predicted molar refractivity (Wildman–Crippen MR) is 72.2 cm³/mol. The molecule has 0 saturated carbocycles. The molecule has 0 aromatic carbocycles. The van der Waals surface area contributed by atoms with E-state index in [2.05, 4.69) is 22.9 Å². The van der Waals surface area contributed by atoms with E-state index in [9.17, 15) is 9.59 Å². The fraction of sp³-hybridized carbons (Fsp3) is 0.571. The lowest BCUT2D eigenvalue weighted by molar-refractivity contribution is -0.270. The van der Waals surface area contributed by atoms with Gasteiger partial charge in [-0.15, -0.1) is 0 Å². The summed E-state index contributed by atoms with van der Waals surface area (Å²) in [5.74, 6) is -1.12. The normalized spacial score (nSPS) is 9.90. The number of carbonyl (C=O) groups is 2. The number of hydrogen-bond donors (Lipinski definition) is 0. The van der Waals surface area contributed by atoms with Gasteiger partial charge in [-0.1, -0.05) is 26.0 Å². The molecule has 6 heteroatoms. The van der Waals surface area contributed by atoms with E-state index < -0.39 is 11.9 Å². The van der Waals surface area contributed by atoms with Gasteiger partial charge in [0.1, 0.15) is 0 Å². The van der Waals surface area contributed by atoms with Crippen molar-refractivity contribution in [2.45, 2.75) is 39.5 Å².